The van der Waals surface area contributed by atoms with Crippen molar-refractivity contribution in [3.05, 3.63) is 82.3 Å². The molecule has 222 valence electrons. The molecule has 1 atom stereocenters. The normalized spacial score (nSPS) is 15.5. The van der Waals surface area contributed by atoms with Gasteiger partial charge in [-0.2, -0.15) is 5.26 Å². The van der Waals surface area contributed by atoms with Crippen LogP contribution in [0.2, 0.25) is 0 Å². The topological polar surface area (TPSA) is 169 Å². The van der Waals surface area contributed by atoms with Crippen LogP contribution < -0.4 is 26.8 Å². The SMILES string of the molecule is N#CC1C=CC=C(CC(=O)Nc2nnc(CCCC/C(N)=C/C=C(\N)NC(=O)Cc3cccc(OC(F)(F)F)c3)s2)C1. The summed E-state index contributed by atoms with van der Waals surface area (Å²) in [6.45, 7) is 0. The number of amides is 2. The Bertz CT molecular complexity index is 1420. The van der Waals surface area contributed by atoms with Crippen molar-refractivity contribution in [3.8, 4) is 11.8 Å². The van der Waals surface area contributed by atoms with Gasteiger partial charge in [-0.05, 0) is 55.5 Å². The first kappa shape index (κ1) is 31.9. The van der Waals surface area contributed by atoms with Gasteiger partial charge in [-0.1, -0.05) is 47.3 Å². The highest BCUT2D eigenvalue weighted by atomic mass is 32.1. The maximum atomic E-state index is 12.4. The van der Waals surface area contributed by atoms with E-state index in [-0.39, 0.29) is 30.5 Å². The molecule has 0 bridgehead atoms. The Kier molecular flexibility index (Phi) is 11.7. The van der Waals surface area contributed by atoms with Gasteiger partial charge in [-0.3, -0.25) is 9.59 Å². The largest absolute Gasteiger partial charge is 0.573 e. The number of anilines is 1. The average molecular weight is 602 g/mol. The molecule has 1 unspecified atom stereocenters. The Balaban J connectivity index is 1.35. The molecule has 1 aromatic heterocycles. The van der Waals surface area contributed by atoms with Crippen molar-refractivity contribution in [3.63, 3.8) is 0 Å². The summed E-state index contributed by atoms with van der Waals surface area (Å²) in [4.78, 5) is 24.5. The van der Waals surface area contributed by atoms with Crippen molar-refractivity contribution >= 4 is 28.3 Å². The van der Waals surface area contributed by atoms with Gasteiger partial charge in [0.1, 0.15) is 16.6 Å². The van der Waals surface area contributed by atoms with Crippen molar-refractivity contribution in [2.45, 2.75) is 51.3 Å². The number of nitrogens with one attached hydrogen (secondary N) is 2. The molecule has 1 aliphatic carbocycles. The number of ether oxygens (including phenoxy) is 1. The average Bonchev–Trinajstić information content (AvgIpc) is 3.36. The Labute approximate surface area is 244 Å². The van der Waals surface area contributed by atoms with Crippen molar-refractivity contribution in [2.24, 2.45) is 17.4 Å². The van der Waals surface area contributed by atoms with Crippen LogP contribution in [-0.4, -0.2) is 28.4 Å². The molecule has 10 nitrogen and oxygen atoms in total. The molecular weight excluding hydrogens is 571 g/mol. The predicted molar refractivity (Wildman–Crippen MR) is 151 cm³/mol. The fourth-order valence-electron chi connectivity index (χ4n) is 3.91. The molecule has 1 aliphatic rings. The number of rotatable bonds is 13. The van der Waals surface area contributed by atoms with E-state index in [1.807, 2.05) is 12.2 Å². The zero-order valence-corrected chi connectivity index (χ0v) is 23.3. The number of carbonyl (C=O) groups is 2. The number of hydrogen-bond acceptors (Lipinski definition) is 9. The van der Waals surface area contributed by atoms with E-state index >= 15 is 0 Å². The van der Waals surface area contributed by atoms with E-state index in [4.69, 9.17) is 16.7 Å². The minimum atomic E-state index is -4.82. The van der Waals surface area contributed by atoms with Gasteiger partial charge < -0.3 is 26.8 Å². The third kappa shape index (κ3) is 11.8. The Hall–Kier alpha value is -4.64. The monoisotopic (exact) mass is 601 g/mol. The van der Waals surface area contributed by atoms with E-state index in [0.29, 0.717) is 35.7 Å². The minimum absolute atomic E-state index is 0.0372. The highest BCUT2D eigenvalue weighted by molar-refractivity contribution is 7.15. The van der Waals surface area contributed by atoms with Crippen LogP contribution in [0, 0.1) is 17.2 Å². The maximum absolute atomic E-state index is 12.4. The second kappa shape index (κ2) is 15.4. The Morgan fingerprint density at radius 1 is 1.17 bits per heavy atom. The molecule has 3 rings (SSSR count). The number of aromatic nitrogens is 2. The quantitative estimate of drug-likeness (QED) is 0.192. The number of nitrogens with zero attached hydrogens (tertiary/aromatic N) is 3. The third-order valence-electron chi connectivity index (χ3n) is 5.79. The van der Waals surface area contributed by atoms with Crippen LogP contribution in [0.3, 0.4) is 0 Å². The lowest BCUT2D eigenvalue weighted by atomic mass is 9.93. The molecule has 0 saturated carbocycles. The number of nitriles is 1. The summed E-state index contributed by atoms with van der Waals surface area (Å²) in [5, 5.41) is 23.6. The summed E-state index contributed by atoms with van der Waals surface area (Å²) in [6.07, 6.45) is 6.94. The van der Waals surface area contributed by atoms with Gasteiger partial charge in [0, 0.05) is 18.5 Å². The van der Waals surface area contributed by atoms with Crippen LogP contribution in [-0.2, 0) is 22.4 Å². The number of carbonyl (C=O) groups excluding carboxylic acids is 2. The van der Waals surface area contributed by atoms with Crippen molar-refractivity contribution in [2.75, 3.05) is 5.32 Å². The molecule has 0 fully saturated rings. The lowest BCUT2D eigenvalue weighted by Crippen LogP contribution is -2.28. The molecule has 1 heterocycles. The first-order valence-electron chi connectivity index (χ1n) is 12.9. The molecule has 0 radical (unpaired) electrons. The van der Waals surface area contributed by atoms with E-state index in [2.05, 4.69) is 31.6 Å². The number of halogens is 3. The number of unbranched alkanes of at least 4 members (excludes halogenated alkanes) is 1. The molecule has 0 spiro atoms. The van der Waals surface area contributed by atoms with Gasteiger partial charge in [-0.15, -0.1) is 23.4 Å². The van der Waals surface area contributed by atoms with Crippen molar-refractivity contribution in [1.82, 2.24) is 15.5 Å². The highest BCUT2D eigenvalue weighted by Crippen LogP contribution is 2.24. The van der Waals surface area contributed by atoms with Gasteiger partial charge in [0.25, 0.3) is 0 Å². The summed E-state index contributed by atoms with van der Waals surface area (Å²) in [5.74, 6) is -1.30. The summed E-state index contributed by atoms with van der Waals surface area (Å²) < 4.78 is 41.0. The zero-order valence-electron chi connectivity index (χ0n) is 22.5. The first-order valence-corrected chi connectivity index (χ1v) is 13.7. The smallest absolute Gasteiger partial charge is 0.406 e. The fourth-order valence-corrected chi connectivity index (χ4v) is 4.71. The second-order valence-electron chi connectivity index (χ2n) is 9.37. The minimum Gasteiger partial charge on any atom is -0.406 e. The second-order valence-corrected chi connectivity index (χ2v) is 10.4. The van der Waals surface area contributed by atoms with Crippen molar-refractivity contribution < 1.29 is 27.5 Å². The third-order valence-corrected chi connectivity index (χ3v) is 6.69. The van der Waals surface area contributed by atoms with E-state index < -0.39 is 18.0 Å². The molecule has 0 saturated heterocycles. The summed E-state index contributed by atoms with van der Waals surface area (Å²) in [5.41, 5.74) is 13.6. The van der Waals surface area contributed by atoms with Gasteiger partial charge in [-0.25, -0.2) is 0 Å². The number of allylic oxidation sites excluding steroid dienone is 6. The number of nitrogens with two attached hydrogens (primary N) is 2. The van der Waals surface area contributed by atoms with E-state index in [9.17, 15) is 22.8 Å². The molecular formula is C28H30F3N7O3S. The predicted octanol–water partition coefficient (Wildman–Crippen LogP) is 4.51. The van der Waals surface area contributed by atoms with Crippen LogP contribution in [0.5, 0.6) is 5.75 Å². The van der Waals surface area contributed by atoms with Gasteiger partial charge >= 0.3 is 6.36 Å². The van der Waals surface area contributed by atoms with Crippen LogP contribution in [0.1, 0.15) is 42.7 Å². The summed E-state index contributed by atoms with van der Waals surface area (Å²) in [6, 6.07) is 7.31. The van der Waals surface area contributed by atoms with Crippen LogP contribution in [0.25, 0.3) is 0 Å². The number of alkyl halides is 3. The zero-order chi connectivity index (χ0) is 30.5. The molecule has 6 N–H and O–H groups in total. The molecule has 2 amide bonds. The van der Waals surface area contributed by atoms with Crippen LogP contribution in [0.15, 0.2) is 71.7 Å². The lowest BCUT2D eigenvalue weighted by molar-refractivity contribution is -0.274. The van der Waals surface area contributed by atoms with Crippen LogP contribution in [0.4, 0.5) is 18.3 Å². The number of hydrogen-bond donors (Lipinski definition) is 4. The van der Waals surface area contributed by atoms with E-state index in [1.165, 1.54) is 29.5 Å². The fraction of sp³-hybridized carbons (Fsp3) is 0.321. The molecule has 14 heteroatoms. The highest BCUT2D eigenvalue weighted by Gasteiger charge is 2.31. The summed E-state index contributed by atoms with van der Waals surface area (Å²) >= 11 is 1.30. The first-order chi connectivity index (χ1) is 20.0. The molecule has 1 aromatic carbocycles. The Morgan fingerprint density at radius 3 is 2.74 bits per heavy atom. The van der Waals surface area contributed by atoms with Gasteiger partial charge in [0.2, 0.25) is 16.9 Å². The Morgan fingerprint density at radius 2 is 1.98 bits per heavy atom. The van der Waals surface area contributed by atoms with Gasteiger partial charge in [0.05, 0.1) is 18.4 Å². The standard InChI is InChI=1S/C28H30F3N7O3S/c29-28(30,31)41-22-9-4-6-19(14-22)16-24(39)35-23(34)12-11-21(33)8-1-2-10-26-37-38-27(42-26)36-25(40)15-18-5-3-7-20(13-18)17-32/h3-7,9,11-12,14,20H,1-2,8,10,13,15-16,33-34H2,(H,35,39)(H,36,38,40)/b21-11-,23-12+. The maximum Gasteiger partial charge on any atom is 0.573 e. The number of benzene rings is 1. The molecule has 0 aliphatic heterocycles. The summed E-state index contributed by atoms with van der Waals surface area (Å²) in [7, 11) is 0. The molecule has 42 heavy (non-hydrogen) atoms. The number of aryl methyl sites for hydroxylation is 1. The molecule has 2 aromatic rings. The van der Waals surface area contributed by atoms with Crippen molar-refractivity contribution in [1.29, 1.82) is 5.26 Å². The van der Waals surface area contributed by atoms with Crippen LogP contribution >= 0.6 is 11.3 Å². The van der Waals surface area contributed by atoms with E-state index in [1.54, 1.807) is 12.2 Å². The van der Waals surface area contributed by atoms with Gasteiger partial charge in [0.15, 0.2) is 0 Å². The van der Waals surface area contributed by atoms with E-state index in [0.717, 1.165) is 35.6 Å². The lowest BCUT2D eigenvalue weighted by Gasteiger charge is -2.11.